The second-order valence-corrected chi connectivity index (χ2v) is 6.08. The minimum atomic E-state index is 0.742. The molecule has 0 aliphatic heterocycles. The molecule has 0 aliphatic carbocycles. The van der Waals surface area contributed by atoms with Gasteiger partial charge in [0.2, 0.25) is 0 Å². The maximum absolute atomic E-state index is 4.79. The largest absolute Gasteiger partial charge is 0.357 e. The van der Waals surface area contributed by atoms with Gasteiger partial charge in [-0.2, -0.15) is 4.52 Å². The van der Waals surface area contributed by atoms with Gasteiger partial charge in [-0.3, -0.25) is 4.98 Å². The summed E-state index contributed by atoms with van der Waals surface area (Å²) in [5.74, 6) is 1.79. The molecule has 0 spiro atoms. The van der Waals surface area contributed by atoms with Crippen molar-refractivity contribution in [1.29, 1.82) is 0 Å². The van der Waals surface area contributed by atoms with Crippen LogP contribution in [0.3, 0.4) is 0 Å². The fraction of sp³-hybridized carbons (Fsp3) is 0.190. The number of hydrogen-bond acceptors (Lipinski definition) is 4. The number of hydrogen-bond donors (Lipinski definition) is 0. The number of benzene rings is 1. The molecule has 0 bridgehead atoms. The maximum atomic E-state index is 4.79. The Balaban J connectivity index is 1.94. The maximum Gasteiger partial charge on any atom is 0.182 e. The number of pyridine rings is 2. The molecule has 1 aromatic carbocycles. The van der Waals surface area contributed by atoms with Crippen LogP contribution < -0.4 is 4.90 Å². The Morgan fingerprint density at radius 1 is 0.846 bits per heavy atom. The third-order valence-electron chi connectivity index (χ3n) is 4.55. The van der Waals surface area contributed by atoms with Crippen LogP contribution in [0.2, 0.25) is 0 Å². The summed E-state index contributed by atoms with van der Waals surface area (Å²) < 4.78 is 1.94. The van der Waals surface area contributed by atoms with E-state index in [2.05, 4.69) is 35.9 Å². The first-order valence-corrected chi connectivity index (χ1v) is 8.91. The number of rotatable bonds is 5. The van der Waals surface area contributed by atoms with E-state index in [1.54, 1.807) is 0 Å². The van der Waals surface area contributed by atoms with Crippen molar-refractivity contribution in [3.8, 4) is 22.5 Å². The zero-order valence-corrected chi connectivity index (χ0v) is 15.0. The first-order chi connectivity index (χ1) is 12.8. The SMILES string of the molecule is CCN(CC)c1cc(-c2ccncc2)cc2nc(-c3ccccc3)nn12. The summed E-state index contributed by atoms with van der Waals surface area (Å²) in [6.45, 7) is 6.13. The minimum absolute atomic E-state index is 0.742. The molecule has 0 aliphatic rings. The van der Waals surface area contributed by atoms with Gasteiger partial charge in [0.05, 0.1) is 0 Å². The van der Waals surface area contributed by atoms with Crippen LogP contribution >= 0.6 is 0 Å². The summed E-state index contributed by atoms with van der Waals surface area (Å²) in [4.78, 5) is 11.2. The van der Waals surface area contributed by atoms with E-state index in [1.807, 2.05) is 59.4 Å². The van der Waals surface area contributed by atoms with E-state index in [4.69, 9.17) is 10.1 Å². The number of nitrogens with zero attached hydrogens (tertiary/aromatic N) is 5. The normalized spacial score (nSPS) is 11.0. The predicted molar refractivity (Wildman–Crippen MR) is 105 cm³/mol. The Bertz CT molecular complexity index is 1000. The van der Waals surface area contributed by atoms with Crippen molar-refractivity contribution in [2.75, 3.05) is 18.0 Å². The smallest absolute Gasteiger partial charge is 0.182 e. The van der Waals surface area contributed by atoms with Crippen molar-refractivity contribution in [2.24, 2.45) is 0 Å². The minimum Gasteiger partial charge on any atom is -0.357 e. The highest BCUT2D eigenvalue weighted by Gasteiger charge is 2.15. The molecule has 0 radical (unpaired) electrons. The summed E-state index contributed by atoms with van der Waals surface area (Å²) >= 11 is 0. The Hall–Kier alpha value is -3.21. The number of aromatic nitrogens is 4. The molecule has 0 unspecified atom stereocenters. The van der Waals surface area contributed by atoms with Gasteiger partial charge >= 0.3 is 0 Å². The van der Waals surface area contributed by atoms with E-state index in [1.165, 1.54) is 0 Å². The zero-order chi connectivity index (χ0) is 17.9. The molecule has 130 valence electrons. The van der Waals surface area contributed by atoms with E-state index >= 15 is 0 Å². The lowest BCUT2D eigenvalue weighted by atomic mass is 10.1. The van der Waals surface area contributed by atoms with Gasteiger partial charge < -0.3 is 4.90 Å². The van der Waals surface area contributed by atoms with Crippen LogP contribution in [0.5, 0.6) is 0 Å². The van der Waals surface area contributed by atoms with Gasteiger partial charge in [0.15, 0.2) is 11.5 Å². The molecule has 0 N–H and O–H groups in total. The Morgan fingerprint density at radius 2 is 1.58 bits per heavy atom. The quantitative estimate of drug-likeness (QED) is 0.542. The molecule has 0 saturated heterocycles. The molecule has 0 fully saturated rings. The second kappa shape index (κ2) is 6.96. The van der Waals surface area contributed by atoms with Crippen LogP contribution in [0.1, 0.15) is 13.8 Å². The van der Waals surface area contributed by atoms with Gasteiger partial charge in [0.1, 0.15) is 5.82 Å². The standard InChI is InChI=1S/C21H21N5/c1-3-25(4-2)20-15-18(16-10-12-22-13-11-16)14-19-23-21(24-26(19)20)17-8-6-5-7-9-17/h5-15H,3-4H2,1-2H3. The lowest BCUT2D eigenvalue weighted by Gasteiger charge is -2.22. The molecular weight excluding hydrogens is 322 g/mol. The highest BCUT2D eigenvalue weighted by molar-refractivity contribution is 5.73. The monoisotopic (exact) mass is 343 g/mol. The van der Waals surface area contributed by atoms with E-state index in [0.717, 1.165) is 47.1 Å². The topological polar surface area (TPSA) is 46.3 Å². The van der Waals surface area contributed by atoms with Crippen LogP contribution in [0, 0.1) is 0 Å². The van der Waals surface area contributed by atoms with Gasteiger partial charge in [0, 0.05) is 31.0 Å². The molecule has 5 nitrogen and oxygen atoms in total. The van der Waals surface area contributed by atoms with Gasteiger partial charge in [-0.25, -0.2) is 4.98 Å². The van der Waals surface area contributed by atoms with Crippen LogP contribution in [0.25, 0.3) is 28.2 Å². The molecule has 0 amide bonds. The average Bonchev–Trinajstić information content (AvgIpc) is 3.14. The summed E-state index contributed by atoms with van der Waals surface area (Å²) in [6.07, 6.45) is 3.63. The highest BCUT2D eigenvalue weighted by atomic mass is 15.4. The molecule has 26 heavy (non-hydrogen) atoms. The van der Waals surface area contributed by atoms with E-state index in [-0.39, 0.29) is 0 Å². The van der Waals surface area contributed by atoms with Gasteiger partial charge in [-0.05, 0) is 49.2 Å². The zero-order valence-electron chi connectivity index (χ0n) is 15.0. The third kappa shape index (κ3) is 2.92. The van der Waals surface area contributed by atoms with Crippen molar-refractivity contribution >= 4 is 11.5 Å². The third-order valence-corrected chi connectivity index (χ3v) is 4.55. The van der Waals surface area contributed by atoms with Crippen molar-refractivity contribution < 1.29 is 0 Å². The molecule has 0 atom stereocenters. The molecular formula is C21H21N5. The van der Waals surface area contributed by atoms with Crippen LogP contribution in [0.4, 0.5) is 5.82 Å². The Kier molecular flexibility index (Phi) is 4.35. The summed E-state index contributed by atoms with van der Waals surface area (Å²) in [5, 5.41) is 4.79. The fourth-order valence-electron chi connectivity index (χ4n) is 3.16. The average molecular weight is 343 g/mol. The lowest BCUT2D eigenvalue weighted by Crippen LogP contribution is -2.24. The molecule has 5 heteroatoms. The first kappa shape index (κ1) is 16.3. The second-order valence-electron chi connectivity index (χ2n) is 6.08. The van der Waals surface area contributed by atoms with Crippen LogP contribution in [-0.2, 0) is 0 Å². The van der Waals surface area contributed by atoms with E-state index in [0.29, 0.717) is 0 Å². The van der Waals surface area contributed by atoms with Crippen LogP contribution in [-0.4, -0.2) is 32.7 Å². The summed E-state index contributed by atoms with van der Waals surface area (Å²) in [7, 11) is 0. The van der Waals surface area contributed by atoms with Crippen molar-refractivity contribution in [3.05, 3.63) is 67.0 Å². The predicted octanol–water partition coefficient (Wildman–Crippen LogP) is 4.30. The highest BCUT2D eigenvalue weighted by Crippen LogP contribution is 2.28. The Morgan fingerprint density at radius 3 is 2.27 bits per heavy atom. The van der Waals surface area contributed by atoms with Gasteiger partial charge in [-0.1, -0.05) is 30.3 Å². The summed E-state index contributed by atoms with van der Waals surface area (Å²) in [6, 6.07) is 18.4. The molecule has 3 heterocycles. The van der Waals surface area contributed by atoms with E-state index in [9.17, 15) is 0 Å². The number of fused-ring (bicyclic) bond motifs is 1. The lowest BCUT2D eigenvalue weighted by molar-refractivity contribution is 0.807. The molecule has 4 rings (SSSR count). The fourth-order valence-corrected chi connectivity index (χ4v) is 3.16. The van der Waals surface area contributed by atoms with Crippen molar-refractivity contribution in [3.63, 3.8) is 0 Å². The van der Waals surface area contributed by atoms with Crippen molar-refractivity contribution in [2.45, 2.75) is 13.8 Å². The van der Waals surface area contributed by atoms with Crippen LogP contribution in [0.15, 0.2) is 67.0 Å². The van der Waals surface area contributed by atoms with Gasteiger partial charge in [-0.15, -0.1) is 5.10 Å². The summed E-state index contributed by atoms with van der Waals surface area (Å²) in [5.41, 5.74) is 4.11. The van der Waals surface area contributed by atoms with E-state index < -0.39 is 0 Å². The Labute approximate surface area is 153 Å². The first-order valence-electron chi connectivity index (χ1n) is 8.91. The molecule has 4 aromatic rings. The molecule has 0 saturated carbocycles. The van der Waals surface area contributed by atoms with Crippen molar-refractivity contribution in [1.82, 2.24) is 19.6 Å². The molecule has 3 aromatic heterocycles. The van der Waals surface area contributed by atoms with Gasteiger partial charge in [0.25, 0.3) is 0 Å². The number of anilines is 1.